The van der Waals surface area contributed by atoms with Crippen molar-refractivity contribution in [1.29, 1.82) is 0 Å². The number of ether oxygens (including phenoxy) is 1. The summed E-state index contributed by atoms with van der Waals surface area (Å²) in [5, 5.41) is 2.61. The third-order valence-electron chi connectivity index (χ3n) is 6.19. The Morgan fingerprint density at radius 3 is 2.54 bits per heavy atom. The van der Waals surface area contributed by atoms with E-state index in [0.29, 0.717) is 17.4 Å². The largest absolute Gasteiger partial charge is 0.455 e. The second-order valence-electron chi connectivity index (χ2n) is 8.34. The van der Waals surface area contributed by atoms with Crippen LogP contribution in [0.3, 0.4) is 0 Å². The van der Waals surface area contributed by atoms with Gasteiger partial charge in [0.15, 0.2) is 6.61 Å². The van der Waals surface area contributed by atoms with Crippen molar-refractivity contribution in [2.24, 2.45) is 17.3 Å². The molecule has 4 aliphatic rings. The molecule has 0 heterocycles. The van der Waals surface area contributed by atoms with Crippen LogP contribution in [0, 0.1) is 23.1 Å². The lowest BCUT2D eigenvalue weighted by Crippen LogP contribution is -2.56. The lowest BCUT2D eigenvalue weighted by atomic mass is 9.49. The van der Waals surface area contributed by atoms with Crippen LogP contribution in [0.25, 0.3) is 0 Å². The summed E-state index contributed by atoms with van der Waals surface area (Å²) >= 11 is 3.88. The Morgan fingerprint density at radius 1 is 1.19 bits per heavy atom. The van der Waals surface area contributed by atoms with E-state index in [1.54, 1.807) is 18.2 Å². The van der Waals surface area contributed by atoms with Gasteiger partial charge in [-0.1, -0.05) is 34.1 Å². The fourth-order valence-corrected chi connectivity index (χ4v) is 7.01. The van der Waals surface area contributed by atoms with Crippen molar-refractivity contribution < 1.29 is 18.7 Å². The summed E-state index contributed by atoms with van der Waals surface area (Å²) in [5.74, 6) is 0.161. The van der Waals surface area contributed by atoms with Crippen molar-refractivity contribution in [2.75, 3.05) is 6.61 Å². The van der Waals surface area contributed by atoms with Crippen LogP contribution in [0.15, 0.2) is 24.3 Å². The van der Waals surface area contributed by atoms with Gasteiger partial charge in [0.2, 0.25) is 0 Å². The SMILES string of the molecule is O=C(COC(=O)C12CC3CC(CC(Br)(C3)C1)C2)NCc1ccccc1F. The molecule has 1 N–H and O–H groups in total. The molecular formula is C20H23BrFNO3. The Labute approximate surface area is 161 Å². The number of alkyl halides is 1. The van der Waals surface area contributed by atoms with E-state index >= 15 is 0 Å². The third-order valence-corrected chi connectivity index (χ3v) is 7.12. The Kier molecular flexibility index (Phi) is 4.58. The van der Waals surface area contributed by atoms with Gasteiger partial charge in [0.25, 0.3) is 5.91 Å². The summed E-state index contributed by atoms with van der Waals surface area (Å²) < 4.78 is 19.0. The van der Waals surface area contributed by atoms with E-state index in [1.807, 2.05) is 0 Å². The van der Waals surface area contributed by atoms with Crippen molar-refractivity contribution in [1.82, 2.24) is 5.32 Å². The molecule has 4 nitrogen and oxygen atoms in total. The zero-order valence-electron chi connectivity index (χ0n) is 14.6. The first-order chi connectivity index (χ1) is 12.4. The maximum Gasteiger partial charge on any atom is 0.312 e. The first-order valence-electron chi connectivity index (χ1n) is 9.24. The summed E-state index contributed by atoms with van der Waals surface area (Å²) in [6, 6.07) is 6.29. The van der Waals surface area contributed by atoms with E-state index in [-0.39, 0.29) is 29.3 Å². The van der Waals surface area contributed by atoms with E-state index in [0.717, 1.165) is 32.1 Å². The van der Waals surface area contributed by atoms with Gasteiger partial charge in [0.05, 0.1) is 5.41 Å². The van der Waals surface area contributed by atoms with Gasteiger partial charge in [0, 0.05) is 16.4 Å². The molecular weight excluding hydrogens is 401 g/mol. The maximum atomic E-state index is 13.6. The van der Waals surface area contributed by atoms with Gasteiger partial charge >= 0.3 is 5.97 Å². The van der Waals surface area contributed by atoms with Gasteiger partial charge < -0.3 is 10.1 Å². The van der Waals surface area contributed by atoms with Gasteiger partial charge in [-0.25, -0.2) is 4.39 Å². The number of halogens is 2. The molecule has 1 aromatic rings. The molecule has 4 aliphatic carbocycles. The van der Waals surface area contributed by atoms with Gasteiger partial charge in [0.1, 0.15) is 5.82 Å². The zero-order chi connectivity index (χ0) is 18.4. The van der Waals surface area contributed by atoms with Crippen molar-refractivity contribution in [3.8, 4) is 0 Å². The minimum Gasteiger partial charge on any atom is -0.455 e. The number of hydrogen-bond acceptors (Lipinski definition) is 3. The van der Waals surface area contributed by atoms with Crippen LogP contribution >= 0.6 is 15.9 Å². The average Bonchev–Trinajstić information content (AvgIpc) is 2.56. The molecule has 1 amide bonds. The molecule has 2 unspecified atom stereocenters. The number of esters is 1. The predicted octanol–water partition coefficient (Wildman–Crippen LogP) is 3.72. The highest BCUT2D eigenvalue weighted by Crippen LogP contribution is 2.64. The number of amides is 1. The number of benzene rings is 1. The Balaban J connectivity index is 1.31. The minimum atomic E-state index is -0.431. The van der Waals surface area contributed by atoms with E-state index in [4.69, 9.17) is 4.74 Å². The summed E-state index contributed by atoms with van der Waals surface area (Å²) in [6.07, 6.45) is 6.07. The highest BCUT2D eigenvalue weighted by molar-refractivity contribution is 9.10. The van der Waals surface area contributed by atoms with Crippen LogP contribution in [0.2, 0.25) is 0 Å². The van der Waals surface area contributed by atoms with Crippen LogP contribution in [-0.4, -0.2) is 22.8 Å². The molecule has 1 aromatic carbocycles. The van der Waals surface area contributed by atoms with Crippen LogP contribution in [0.1, 0.15) is 44.1 Å². The minimum absolute atomic E-state index is 0.0726. The van der Waals surface area contributed by atoms with Crippen molar-refractivity contribution in [3.05, 3.63) is 35.6 Å². The monoisotopic (exact) mass is 423 g/mol. The first kappa shape index (κ1) is 18.0. The Morgan fingerprint density at radius 2 is 1.88 bits per heavy atom. The first-order valence-corrected chi connectivity index (χ1v) is 10.0. The third kappa shape index (κ3) is 3.40. The van der Waals surface area contributed by atoms with E-state index in [2.05, 4.69) is 21.2 Å². The molecule has 0 aromatic heterocycles. The lowest BCUT2D eigenvalue weighted by molar-refractivity contribution is -0.171. The average molecular weight is 424 g/mol. The highest BCUT2D eigenvalue weighted by atomic mass is 79.9. The topological polar surface area (TPSA) is 55.4 Å². The van der Waals surface area contributed by atoms with Crippen LogP contribution in [-0.2, 0) is 20.9 Å². The van der Waals surface area contributed by atoms with Gasteiger partial charge in [-0.2, -0.15) is 0 Å². The zero-order valence-corrected chi connectivity index (χ0v) is 16.2. The van der Waals surface area contributed by atoms with E-state index in [1.165, 1.54) is 12.5 Å². The van der Waals surface area contributed by atoms with Gasteiger partial charge in [-0.05, 0) is 56.4 Å². The molecule has 140 valence electrons. The maximum absolute atomic E-state index is 13.6. The molecule has 4 fully saturated rings. The fourth-order valence-electron chi connectivity index (χ4n) is 5.56. The van der Waals surface area contributed by atoms with Crippen molar-refractivity contribution in [3.63, 3.8) is 0 Å². The normalized spacial score (nSPS) is 34.5. The second kappa shape index (κ2) is 6.63. The summed E-state index contributed by atoms with van der Waals surface area (Å²) in [4.78, 5) is 24.8. The van der Waals surface area contributed by atoms with Gasteiger partial charge in [-0.3, -0.25) is 9.59 Å². The molecule has 4 saturated carbocycles. The summed E-state index contributed by atoms with van der Waals surface area (Å²) in [7, 11) is 0. The summed E-state index contributed by atoms with van der Waals surface area (Å²) in [5.41, 5.74) is -0.0196. The molecule has 4 bridgehead atoms. The van der Waals surface area contributed by atoms with Crippen molar-refractivity contribution in [2.45, 2.75) is 49.4 Å². The van der Waals surface area contributed by atoms with E-state index < -0.39 is 11.3 Å². The number of carbonyl (C=O) groups is 2. The Bertz CT molecular complexity index is 724. The standard InChI is InChI=1S/C20H23BrFNO3/c21-20-8-13-5-14(9-20)7-19(6-13,12-20)18(25)26-11-17(24)23-10-15-3-1-2-4-16(15)22/h1-4,13-14H,5-12H2,(H,23,24). The van der Waals surface area contributed by atoms with Crippen LogP contribution in [0.4, 0.5) is 4.39 Å². The molecule has 0 aliphatic heterocycles. The quantitative estimate of drug-likeness (QED) is 0.579. The highest BCUT2D eigenvalue weighted by Gasteiger charge is 2.60. The number of rotatable bonds is 5. The fraction of sp³-hybridized carbons (Fsp3) is 0.600. The molecule has 0 saturated heterocycles. The Hall–Kier alpha value is -1.43. The smallest absolute Gasteiger partial charge is 0.312 e. The molecule has 0 spiro atoms. The number of carbonyl (C=O) groups excluding carboxylic acids is 2. The van der Waals surface area contributed by atoms with Crippen molar-refractivity contribution >= 4 is 27.8 Å². The summed E-state index contributed by atoms with van der Waals surface area (Å²) in [6.45, 7) is -0.220. The molecule has 0 radical (unpaired) electrons. The lowest BCUT2D eigenvalue weighted by Gasteiger charge is -2.58. The van der Waals surface area contributed by atoms with Crippen LogP contribution in [0.5, 0.6) is 0 Å². The second-order valence-corrected chi connectivity index (χ2v) is 10.0. The number of nitrogens with one attached hydrogen (secondary N) is 1. The van der Waals surface area contributed by atoms with Crippen LogP contribution < -0.4 is 5.32 Å². The number of hydrogen-bond donors (Lipinski definition) is 1. The van der Waals surface area contributed by atoms with Gasteiger partial charge in [-0.15, -0.1) is 0 Å². The predicted molar refractivity (Wildman–Crippen MR) is 98.0 cm³/mol. The van der Waals surface area contributed by atoms with E-state index in [9.17, 15) is 14.0 Å². The molecule has 5 rings (SSSR count). The molecule has 26 heavy (non-hydrogen) atoms. The molecule has 2 atom stereocenters. The molecule has 6 heteroatoms.